The minimum Gasteiger partial charge on any atom is -0.354 e. The van der Waals surface area contributed by atoms with Crippen molar-refractivity contribution in [2.75, 3.05) is 6.54 Å². The first-order valence-corrected chi connectivity index (χ1v) is 15.5. The zero-order valence-corrected chi connectivity index (χ0v) is 25.7. The highest BCUT2D eigenvalue weighted by Crippen LogP contribution is 2.26. The third kappa shape index (κ3) is 8.66. The van der Waals surface area contributed by atoms with E-state index in [1.165, 1.54) is 23.7 Å². The van der Waals surface area contributed by atoms with Gasteiger partial charge in [0, 0.05) is 36.7 Å². The summed E-state index contributed by atoms with van der Waals surface area (Å²) < 4.78 is 0. The van der Waals surface area contributed by atoms with Crippen LogP contribution < -0.4 is 21.3 Å². The second kappa shape index (κ2) is 14.8. The summed E-state index contributed by atoms with van der Waals surface area (Å²) in [5.74, 6) is -0.862. The van der Waals surface area contributed by atoms with E-state index in [2.05, 4.69) is 36.2 Å². The van der Waals surface area contributed by atoms with Crippen LogP contribution in [0.4, 0.5) is 0 Å². The summed E-state index contributed by atoms with van der Waals surface area (Å²) in [5.41, 5.74) is 1.35. The maximum Gasteiger partial charge on any atom is 0.271 e. The van der Waals surface area contributed by atoms with Crippen molar-refractivity contribution < 1.29 is 19.2 Å². The molecule has 3 aromatic rings. The van der Waals surface area contributed by atoms with Crippen LogP contribution in [0.2, 0.25) is 0 Å². The predicted molar refractivity (Wildman–Crippen MR) is 163 cm³/mol. The number of thiazole rings is 1. The number of aromatic nitrogens is 3. The summed E-state index contributed by atoms with van der Waals surface area (Å²) in [5, 5.41) is 13.8. The van der Waals surface area contributed by atoms with Gasteiger partial charge in [0.15, 0.2) is 0 Å². The molecule has 4 rings (SSSR count). The number of nitrogens with one attached hydrogen (secondary N) is 4. The highest BCUT2D eigenvalue weighted by Gasteiger charge is 2.29. The molecule has 1 aliphatic rings. The van der Waals surface area contributed by atoms with Crippen molar-refractivity contribution in [1.82, 2.24) is 36.2 Å². The lowest BCUT2D eigenvalue weighted by atomic mass is 10.0. The number of carbonyl (C=O) groups excluding carboxylic acids is 4. The number of benzene rings is 1. The molecule has 3 atom stereocenters. The van der Waals surface area contributed by atoms with Crippen molar-refractivity contribution in [2.24, 2.45) is 5.92 Å². The number of rotatable bonds is 6. The molecule has 228 valence electrons. The monoisotopic (exact) mass is 605 g/mol. The molecule has 0 spiro atoms. The molecule has 0 radical (unpaired) electrons. The number of fused-ring (bicyclic) bond motifs is 2. The Morgan fingerprint density at radius 3 is 2.40 bits per heavy atom. The second-order valence-corrected chi connectivity index (χ2v) is 12.2. The molecule has 3 heterocycles. The van der Waals surface area contributed by atoms with Gasteiger partial charge in [0.2, 0.25) is 11.8 Å². The summed E-state index contributed by atoms with van der Waals surface area (Å²) in [6.45, 7) is 8.18. The normalized spacial score (nSPS) is 20.3. The van der Waals surface area contributed by atoms with Crippen LogP contribution in [-0.2, 0) is 16.0 Å². The fraction of sp³-hybridized carbons (Fsp3) is 0.452. The average molecular weight is 606 g/mol. The molecule has 0 fully saturated rings. The van der Waals surface area contributed by atoms with Crippen molar-refractivity contribution in [2.45, 2.75) is 77.4 Å². The molecule has 0 aliphatic carbocycles. The van der Waals surface area contributed by atoms with Gasteiger partial charge in [0.1, 0.15) is 28.6 Å². The first kappa shape index (κ1) is 31.7. The number of nitrogens with zero attached hydrogens (tertiary/aromatic N) is 3. The van der Waals surface area contributed by atoms with E-state index in [1.807, 2.05) is 58.0 Å². The van der Waals surface area contributed by atoms with Gasteiger partial charge in [0.25, 0.3) is 11.8 Å². The van der Waals surface area contributed by atoms with E-state index in [1.54, 1.807) is 5.38 Å². The van der Waals surface area contributed by atoms with Gasteiger partial charge in [-0.25, -0.2) is 15.0 Å². The van der Waals surface area contributed by atoms with E-state index < -0.39 is 29.9 Å². The fourth-order valence-electron chi connectivity index (χ4n) is 4.67. The summed E-state index contributed by atoms with van der Waals surface area (Å²) in [4.78, 5) is 66.1. The topological polar surface area (TPSA) is 155 Å². The molecule has 1 aromatic carbocycles. The Labute approximate surface area is 255 Å². The Morgan fingerprint density at radius 1 is 1.00 bits per heavy atom. The maximum absolute atomic E-state index is 13.6. The lowest BCUT2D eigenvalue weighted by molar-refractivity contribution is -0.124. The van der Waals surface area contributed by atoms with Crippen LogP contribution in [0, 0.1) is 5.92 Å². The van der Waals surface area contributed by atoms with Crippen molar-refractivity contribution in [3.8, 4) is 0 Å². The van der Waals surface area contributed by atoms with E-state index in [0.717, 1.165) is 5.56 Å². The Balaban J connectivity index is 1.56. The van der Waals surface area contributed by atoms with Crippen molar-refractivity contribution >= 4 is 35.0 Å². The molecule has 12 heteroatoms. The first-order chi connectivity index (χ1) is 20.6. The number of amides is 4. The molecule has 0 unspecified atom stereocenters. The Kier molecular flexibility index (Phi) is 10.9. The van der Waals surface area contributed by atoms with Gasteiger partial charge in [-0.15, -0.1) is 11.3 Å². The van der Waals surface area contributed by atoms with Crippen LogP contribution in [-0.4, -0.2) is 57.2 Å². The molecule has 4 amide bonds. The SMILES string of the molecule is CC(C)c1ncc(C(=O)N[C@H]2CCCCNC(=O)[C@@H](Cc3ccccc3)NC(=O)c3csc(n3)[C@@H](C(C)C)NC2=O)cn1. The standard InChI is InChI=1S/C31H39N7O4S/c1-18(2)25-31-37-24(17-43-31)30(42)36-23(14-20-10-6-5-7-11-20)28(40)32-13-9-8-12-22(29(41)38-25)35-27(39)21-15-33-26(19(3)4)34-16-21/h5-7,10-11,15-19,22-23,25H,8-9,12-14H2,1-4H3,(H,32,40)(H,35,39)(H,36,42)(H,38,41)/t22-,23+,25+/m0/s1. The summed E-state index contributed by atoms with van der Waals surface area (Å²) in [7, 11) is 0. The zero-order chi connectivity index (χ0) is 30.9. The number of carbonyl (C=O) groups is 4. The molecule has 2 bridgehead atoms. The third-order valence-corrected chi connectivity index (χ3v) is 8.11. The minimum absolute atomic E-state index is 0.0465. The lowest BCUT2D eigenvalue weighted by Gasteiger charge is -2.25. The van der Waals surface area contributed by atoms with Gasteiger partial charge < -0.3 is 21.3 Å². The predicted octanol–water partition coefficient (Wildman–Crippen LogP) is 3.31. The first-order valence-electron chi connectivity index (χ1n) is 14.6. The van der Waals surface area contributed by atoms with Gasteiger partial charge in [-0.1, -0.05) is 58.0 Å². The second-order valence-electron chi connectivity index (χ2n) is 11.3. The lowest BCUT2D eigenvalue weighted by Crippen LogP contribution is -2.49. The molecule has 0 saturated heterocycles. The number of hydrogen-bond donors (Lipinski definition) is 4. The van der Waals surface area contributed by atoms with Crippen molar-refractivity contribution in [3.63, 3.8) is 0 Å². The smallest absolute Gasteiger partial charge is 0.271 e. The van der Waals surface area contributed by atoms with Crippen LogP contribution in [0.5, 0.6) is 0 Å². The zero-order valence-electron chi connectivity index (χ0n) is 24.9. The largest absolute Gasteiger partial charge is 0.354 e. The summed E-state index contributed by atoms with van der Waals surface area (Å²) >= 11 is 1.26. The van der Waals surface area contributed by atoms with Crippen LogP contribution >= 0.6 is 11.3 Å². The van der Waals surface area contributed by atoms with E-state index in [4.69, 9.17) is 0 Å². The molecule has 1 aliphatic heterocycles. The molecule has 11 nitrogen and oxygen atoms in total. The summed E-state index contributed by atoms with van der Waals surface area (Å²) in [6, 6.07) is 7.39. The third-order valence-electron chi connectivity index (χ3n) is 7.18. The van der Waals surface area contributed by atoms with Crippen LogP contribution in [0.15, 0.2) is 48.1 Å². The average Bonchev–Trinajstić information content (AvgIpc) is 3.48. The van der Waals surface area contributed by atoms with E-state index >= 15 is 0 Å². The molecule has 4 N–H and O–H groups in total. The molecular formula is C31H39N7O4S. The Bertz CT molecular complexity index is 1410. The van der Waals surface area contributed by atoms with E-state index in [0.29, 0.717) is 43.1 Å². The summed E-state index contributed by atoms with van der Waals surface area (Å²) in [6.07, 6.45) is 4.75. The molecular weight excluding hydrogens is 566 g/mol. The van der Waals surface area contributed by atoms with Crippen LogP contribution in [0.3, 0.4) is 0 Å². The fourth-order valence-corrected chi connectivity index (χ4v) is 5.69. The molecule has 0 saturated carbocycles. The quantitative estimate of drug-likeness (QED) is 0.336. The van der Waals surface area contributed by atoms with Crippen LogP contribution in [0.1, 0.15) is 96.2 Å². The Morgan fingerprint density at radius 2 is 1.72 bits per heavy atom. The van der Waals surface area contributed by atoms with Crippen molar-refractivity contribution in [3.05, 3.63) is 75.8 Å². The van der Waals surface area contributed by atoms with Gasteiger partial charge in [-0.2, -0.15) is 0 Å². The number of hydrogen-bond acceptors (Lipinski definition) is 8. The highest BCUT2D eigenvalue weighted by molar-refractivity contribution is 7.09. The van der Waals surface area contributed by atoms with Gasteiger partial charge >= 0.3 is 0 Å². The Hall–Kier alpha value is -4.19. The maximum atomic E-state index is 13.6. The van der Waals surface area contributed by atoms with E-state index in [-0.39, 0.29) is 34.9 Å². The van der Waals surface area contributed by atoms with Crippen molar-refractivity contribution in [1.29, 1.82) is 0 Å². The van der Waals surface area contributed by atoms with Crippen LogP contribution in [0.25, 0.3) is 0 Å². The van der Waals surface area contributed by atoms with Gasteiger partial charge in [-0.05, 0) is 30.7 Å². The minimum atomic E-state index is -0.837. The highest BCUT2D eigenvalue weighted by atomic mass is 32.1. The molecule has 43 heavy (non-hydrogen) atoms. The van der Waals surface area contributed by atoms with Gasteiger partial charge in [-0.3, -0.25) is 19.2 Å². The van der Waals surface area contributed by atoms with E-state index in [9.17, 15) is 19.2 Å². The molecule has 2 aromatic heterocycles. The van der Waals surface area contributed by atoms with Gasteiger partial charge in [0.05, 0.1) is 11.6 Å².